The minimum atomic E-state index is -0.298. The molecule has 0 radical (unpaired) electrons. The Morgan fingerprint density at radius 3 is 2.50 bits per heavy atom. The van der Waals surface area contributed by atoms with E-state index >= 15 is 0 Å². The fourth-order valence-electron chi connectivity index (χ4n) is 1.83. The van der Waals surface area contributed by atoms with Crippen LogP contribution in [0.15, 0.2) is 24.3 Å². The van der Waals surface area contributed by atoms with Crippen LogP contribution in [0.4, 0.5) is 5.00 Å². The summed E-state index contributed by atoms with van der Waals surface area (Å²) in [7, 11) is 1.58. The van der Waals surface area contributed by atoms with Crippen molar-refractivity contribution < 1.29 is 14.3 Å². The summed E-state index contributed by atoms with van der Waals surface area (Å²) in [5.41, 5.74) is 1.42. The maximum Gasteiger partial charge on any atom is 0.262 e. The normalized spacial score (nSPS) is 9.91. The van der Waals surface area contributed by atoms with Crippen LogP contribution < -0.4 is 14.8 Å². The van der Waals surface area contributed by atoms with E-state index in [0.29, 0.717) is 16.3 Å². The SMILES string of the molecule is COc1ccc(OCC(=O)Nc2sc(C)c(C)c2C#N)cc1. The van der Waals surface area contributed by atoms with Crippen molar-refractivity contribution in [1.29, 1.82) is 5.26 Å². The summed E-state index contributed by atoms with van der Waals surface area (Å²) in [5, 5.41) is 12.4. The molecule has 2 rings (SSSR count). The Hall–Kier alpha value is -2.52. The summed E-state index contributed by atoms with van der Waals surface area (Å²) >= 11 is 1.39. The average Bonchev–Trinajstić information content (AvgIpc) is 2.79. The quantitative estimate of drug-likeness (QED) is 0.919. The van der Waals surface area contributed by atoms with Crippen molar-refractivity contribution in [2.75, 3.05) is 19.0 Å². The van der Waals surface area contributed by atoms with Crippen molar-refractivity contribution in [3.8, 4) is 17.6 Å². The van der Waals surface area contributed by atoms with Crippen LogP contribution in [0.25, 0.3) is 0 Å². The zero-order valence-corrected chi connectivity index (χ0v) is 13.4. The van der Waals surface area contributed by atoms with Crippen LogP contribution in [-0.4, -0.2) is 19.6 Å². The van der Waals surface area contributed by atoms with E-state index in [4.69, 9.17) is 14.7 Å². The molecule has 0 spiro atoms. The van der Waals surface area contributed by atoms with Crippen LogP contribution in [-0.2, 0) is 4.79 Å². The Bertz CT molecular complexity index is 714. The summed E-state index contributed by atoms with van der Waals surface area (Å²) < 4.78 is 10.5. The highest BCUT2D eigenvalue weighted by atomic mass is 32.1. The second kappa shape index (κ2) is 6.96. The Morgan fingerprint density at radius 1 is 1.27 bits per heavy atom. The Kier molecular flexibility index (Phi) is 5.02. The van der Waals surface area contributed by atoms with E-state index < -0.39 is 0 Å². The molecule has 0 unspecified atom stereocenters. The van der Waals surface area contributed by atoms with E-state index in [9.17, 15) is 4.79 Å². The minimum Gasteiger partial charge on any atom is -0.497 e. The van der Waals surface area contributed by atoms with Gasteiger partial charge in [0.2, 0.25) is 0 Å². The number of amides is 1. The molecule has 1 N–H and O–H groups in total. The lowest BCUT2D eigenvalue weighted by Gasteiger charge is -2.07. The largest absolute Gasteiger partial charge is 0.497 e. The van der Waals surface area contributed by atoms with Crippen molar-refractivity contribution in [2.45, 2.75) is 13.8 Å². The number of methoxy groups -OCH3 is 1. The number of rotatable bonds is 5. The molecule has 5 nitrogen and oxygen atoms in total. The highest BCUT2D eigenvalue weighted by Gasteiger charge is 2.14. The van der Waals surface area contributed by atoms with Crippen molar-refractivity contribution in [3.05, 3.63) is 40.3 Å². The standard InChI is InChI=1S/C16H16N2O3S/c1-10-11(2)22-16(14(10)8-17)18-15(19)9-21-13-6-4-12(20-3)5-7-13/h4-7H,9H2,1-3H3,(H,18,19). The molecular formula is C16H16N2O3S. The third-order valence-corrected chi connectivity index (χ3v) is 4.30. The first-order valence-corrected chi connectivity index (χ1v) is 7.43. The topological polar surface area (TPSA) is 71.3 Å². The van der Waals surface area contributed by atoms with Crippen LogP contribution in [0.2, 0.25) is 0 Å². The number of nitriles is 1. The van der Waals surface area contributed by atoms with Gasteiger partial charge in [0.15, 0.2) is 6.61 Å². The number of carbonyl (C=O) groups is 1. The molecule has 1 aromatic carbocycles. The van der Waals surface area contributed by atoms with Gasteiger partial charge in [-0.3, -0.25) is 4.79 Å². The van der Waals surface area contributed by atoms with Gasteiger partial charge < -0.3 is 14.8 Å². The summed E-state index contributed by atoms with van der Waals surface area (Å²) in [6.45, 7) is 3.67. The summed E-state index contributed by atoms with van der Waals surface area (Å²) in [4.78, 5) is 13.0. The number of ether oxygens (including phenoxy) is 2. The van der Waals surface area contributed by atoms with Crippen molar-refractivity contribution in [2.24, 2.45) is 0 Å². The number of hydrogen-bond acceptors (Lipinski definition) is 5. The highest BCUT2D eigenvalue weighted by Crippen LogP contribution is 2.31. The zero-order chi connectivity index (χ0) is 16.1. The van der Waals surface area contributed by atoms with E-state index in [1.807, 2.05) is 13.8 Å². The molecule has 1 heterocycles. The number of hydrogen-bond donors (Lipinski definition) is 1. The molecule has 114 valence electrons. The van der Waals surface area contributed by atoms with Crippen molar-refractivity contribution in [3.63, 3.8) is 0 Å². The van der Waals surface area contributed by atoms with E-state index in [-0.39, 0.29) is 12.5 Å². The lowest BCUT2D eigenvalue weighted by molar-refractivity contribution is -0.118. The second-order valence-electron chi connectivity index (χ2n) is 4.61. The maximum absolute atomic E-state index is 11.9. The molecular weight excluding hydrogens is 300 g/mol. The number of aryl methyl sites for hydroxylation is 1. The van der Waals surface area contributed by atoms with Crippen LogP contribution in [0.3, 0.4) is 0 Å². The molecule has 0 aliphatic carbocycles. The number of nitrogens with one attached hydrogen (secondary N) is 1. The van der Waals surface area contributed by atoms with Crippen LogP contribution in [0, 0.1) is 25.2 Å². The molecule has 0 fully saturated rings. The third-order valence-electron chi connectivity index (χ3n) is 3.18. The minimum absolute atomic E-state index is 0.118. The summed E-state index contributed by atoms with van der Waals surface area (Å²) in [5.74, 6) is 1.00. The number of carbonyl (C=O) groups excluding carboxylic acids is 1. The van der Waals surface area contributed by atoms with Crippen LogP contribution in [0.1, 0.15) is 16.0 Å². The molecule has 0 aliphatic rings. The fourth-order valence-corrected chi connectivity index (χ4v) is 2.86. The molecule has 1 aromatic heterocycles. The summed E-state index contributed by atoms with van der Waals surface area (Å²) in [6.07, 6.45) is 0. The Balaban J connectivity index is 1.96. The first kappa shape index (κ1) is 15.9. The van der Waals surface area contributed by atoms with Gasteiger partial charge in [-0.05, 0) is 43.7 Å². The number of nitrogens with zero attached hydrogens (tertiary/aromatic N) is 1. The molecule has 6 heteroatoms. The maximum atomic E-state index is 11.9. The van der Waals surface area contributed by atoms with E-state index in [2.05, 4.69) is 11.4 Å². The second-order valence-corrected chi connectivity index (χ2v) is 5.84. The lowest BCUT2D eigenvalue weighted by atomic mass is 10.2. The van der Waals surface area contributed by atoms with Gasteiger partial charge in [-0.15, -0.1) is 11.3 Å². The Morgan fingerprint density at radius 2 is 1.91 bits per heavy atom. The predicted molar refractivity (Wildman–Crippen MR) is 85.6 cm³/mol. The van der Waals surface area contributed by atoms with E-state index in [1.54, 1.807) is 31.4 Å². The molecule has 0 saturated carbocycles. The van der Waals surface area contributed by atoms with Gasteiger partial charge in [0.25, 0.3) is 5.91 Å². The molecule has 0 saturated heterocycles. The van der Waals surface area contributed by atoms with Crippen molar-refractivity contribution >= 4 is 22.2 Å². The first-order valence-electron chi connectivity index (χ1n) is 6.62. The molecule has 0 aliphatic heterocycles. The average molecular weight is 316 g/mol. The van der Waals surface area contributed by atoms with Gasteiger partial charge >= 0.3 is 0 Å². The monoisotopic (exact) mass is 316 g/mol. The van der Waals surface area contributed by atoms with Gasteiger partial charge in [0.1, 0.15) is 22.6 Å². The summed E-state index contributed by atoms with van der Waals surface area (Å²) in [6, 6.07) is 9.09. The molecule has 0 atom stereocenters. The Labute approximate surface area is 133 Å². The zero-order valence-electron chi connectivity index (χ0n) is 12.6. The number of thiophene rings is 1. The predicted octanol–water partition coefficient (Wildman–Crippen LogP) is 3.26. The van der Waals surface area contributed by atoms with Gasteiger partial charge in [0, 0.05) is 4.88 Å². The fraction of sp³-hybridized carbons (Fsp3) is 0.250. The van der Waals surface area contributed by atoms with Crippen molar-refractivity contribution in [1.82, 2.24) is 0 Å². The smallest absolute Gasteiger partial charge is 0.262 e. The first-order chi connectivity index (χ1) is 10.5. The van der Waals surface area contributed by atoms with Crippen LogP contribution >= 0.6 is 11.3 Å². The molecule has 2 aromatic rings. The number of anilines is 1. The molecule has 22 heavy (non-hydrogen) atoms. The molecule has 0 bridgehead atoms. The number of benzene rings is 1. The van der Waals surface area contributed by atoms with Crippen LogP contribution in [0.5, 0.6) is 11.5 Å². The van der Waals surface area contributed by atoms with Gasteiger partial charge in [0.05, 0.1) is 12.7 Å². The van der Waals surface area contributed by atoms with E-state index in [0.717, 1.165) is 16.2 Å². The van der Waals surface area contributed by atoms with Gasteiger partial charge in [-0.2, -0.15) is 5.26 Å². The highest BCUT2D eigenvalue weighted by molar-refractivity contribution is 7.16. The van der Waals surface area contributed by atoms with E-state index in [1.165, 1.54) is 11.3 Å². The van der Waals surface area contributed by atoms with Gasteiger partial charge in [-0.25, -0.2) is 0 Å². The lowest BCUT2D eigenvalue weighted by Crippen LogP contribution is -2.20. The van der Waals surface area contributed by atoms with Gasteiger partial charge in [-0.1, -0.05) is 0 Å². The third kappa shape index (κ3) is 3.57. The molecule has 1 amide bonds.